The van der Waals surface area contributed by atoms with E-state index in [-0.39, 0.29) is 17.9 Å². The van der Waals surface area contributed by atoms with E-state index in [4.69, 9.17) is 21.1 Å². The summed E-state index contributed by atoms with van der Waals surface area (Å²) in [4.78, 5) is 11.7. The number of benzene rings is 2. The summed E-state index contributed by atoms with van der Waals surface area (Å²) in [5.74, 6) is -1.18. The maximum atomic E-state index is 11.7. The summed E-state index contributed by atoms with van der Waals surface area (Å²) in [5.41, 5.74) is 0.986. The molecule has 0 bridgehead atoms. The van der Waals surface area contributed by atoms with Crippen LogP contribution in [-0.4, -0.2) is 30.4 Å². The number of phenols is 1. The van der Waals surface area contributed by atoms with Gasteiger partial charge in [-0.1, -0.05) is 23.7 Å². The summed E-state index contributed by atoms with van der Waals surface area (Å²) in [6.45, 7) is 0. The Bertz CT molecular complexity index is 714. The van der Waals surface area contributed by atoms with Crippen molar-refractivity contribution in [3.63, 3.8) is 0 Å². The number of aliphatic carboxylic acids is 1. The summed E-state index contributed by atoms with van der Waals surface area (Å²) < 4.78 is 10.2. The zero-order valence-electron chi connectivity index (χ0n) is 12.7. The van der Waals surface area contributed by atoms with Crippen molar-refractivity contribution in [1.82, 2.24) is 0 Å². The van der Waals surface area contributed by atoms with Gasteiger partial charge in [0.15, 0.2) is 11.5 Å². The molecule has 2 aromatic rings. The van der Waals surface area contributed by atoms with Gasteiger partial charge in [0.2, 0.25) is 0 Å². The normalized spacial score (nSPS) is 11.8. The molecular weight excluding hydrogens is 320 g/mol. The van der Waals surface area contributed by atoms with Crippen molar-refractivity contribution < 1.29 is 24.5 Å². The van der Waals surface area contributed by atoms with Crippen LogP contribution in [0, 0.1) is 0 Å². The molecule has 0 fully saturated rings. The highest BCUT2D eigenvalue weighted by molar-refractivity contribution is 6.30. The van der Waals surface area contributed by atoms with Gasteiger partial charge in [0.1, 0.15) is 5.75 Å². The van der Waals surface area contributed by atoms with Gasteiger partial charge in [-0.25, -0.2) is 0 Å². The third kappa shape index (κ3) is 3.87. The van der Waals surface area contributed by atoms with E-state index in [2.05, 4.69) is 0 Å². The monoisotopic (exact) mass is 336 g/mol. The number of rotatable bonds is 6. The molecule has 0 spiro atoms. The summed E-state index contributed by atoms with van der Waals surface area (Å²) >= 11 is 6.00. The molecule has 0 radical (unpaired) electrons. The molecule has 1 unspecified atom stereocenters. The van der Waals surface area contributed by atoms with Gasteiger partial charge in [0.25, 0.3) is 0 Å². The molecule has 23 heavy (non-hydrogen) atoms. The van der Waals surface area contributed by atoms with Gasteiger partial charge in [0.05, 0.1) is 20.1 Å². The topological polar surface area (TPSA) is 76.0 Å². The predicted octanol–water partition coefficient (Wildman–Crippen LogP) is 3.47. The van der Waals surface area contributed by atoms with Crippen LogP contribution < -0.4 is 9.47 Å². The second kappa shape index (κ2) is 7.24. The molecule has 6 heteroatoms. The third-order valence-corrected chi connectivity index (χ3v) is 3.78. The average molecular weight is 337 g/mol. The molecule has 122 valence electrons. The number of hydrogen-bond donors (Lipinski definition) is 2. The highest BCUT2D eigenvalue weighted by Crippen LogP contribution is 2.36. The van der Waals surface area contributed by atoms with Crippen LogP contribution in [0.15, 0.2) is 36.4 Å². The number of carboxylic acids is 1. The number of methoxy groups -OCH3 is 2. The van der Waals surface area contributed by atoms with Gasteiger partial charge in [-0.15, -0.1) is 0 Å². The lowest BCUT2D eigenvalue weighted by molar-refractivity contribution is -0.138. The Labute approximate surface area is 139 Å². The van der Waals surface area contributed by atoms with Gasteiger partial charge < -0.3 is 19.7 Å². The fourth-order valence-corrected chi connectivity index (χ4v) is 2.60. The smallest absolute Gasteiger partial charge is 0.311 e. The van der Waals surface area contributed by atoms with E-state index in [9.17, 15) is 15.0 Å². The number of halogens is 1. The van der Waals surface area contributed by atoms with Crippen LogP contribution in [0.4, 0.5) is 0 Å². The number of ether oxygens (including phenoxy) is 2. The molecule has 1 atom stereocenters. The minimum Gasteiger partial charge on any atom is -0.504 e. The molecule has 0 aliphatic rings. The molecule has 5 nitrogen and oxygen atoms in total. The molecule has 0 aromatic heterocycles. The fraction of sp³-hybridized carbons (Fsp3) is 0.235. The van der Waals surface area contributed by atoms with E-state index >= 15 is 0 Å². The zero-order valence-corrected chi connectivity index (χ0v) is 13.5. The minimum absolute atomic E-state index is 0.0747. The number of phenolic OH excluding ortho intramolecular Hbond substituents is 1. The molecule has 0 heterocycles. The average Bonchev–Trinajstić information content (AvgIpc) is 2.54. The number of hydrogen-bond acceptors (Lipinski definition) is 4. The number of carboxylic acid groups (broad SMARTS) is 1. The van der Waals surface area contributed by atoms with Crippen molar-refractivity contribution in [2.45, 2.75) is 12.3 Å². The Morgan fingerprint density at radius 1 is 1.22 bits per heavy atom. The Kier molecular flexibility index (Phi) is 5.34. The zero-order chi connectivity index (χ0) is 17.0. The van der Waals surface area contributed by atoms with Crippen LogP contribution in [0.5, 0.6) is 17.2 Å². The van der Waals surface area contributed by atoms with Crippen molar-refractivity contribution >= 4 is 17.6 Å². The first kappa shape index (κ1) is 17.0. The van der Waals surface area contributed by atoms with E-state index in [0.717, 1.165) is 0 Å². The summed E-state index contributed by atoms with van der Waals surface area (Å²) in [7, 11) is 2.93. The highest BCUT2D eigenvalue weighted by Gasteiger charge is 2.23. The lowest BCUT2D eigenvalue weighted by Crippen LogP contribution is -2.14. The van der Waals surface area contributed by atoms with Crippen LogP contribution in [0.3, 0.4) is 0 Å². The molecule has 2 rings (SSSR count). The van der Waals surface area contributed by atoms with Crippen LogP contribution in [0.1, 0.15) is 17.0 Å². The standard InChI is InChI=1S/C17H17ClO5/c1-22-13-5-3-4-10(7-13)14(17(20)21)8-11-6-12(18)9-15(23-2)16(11)19/h3-7,9,14,19H,8H2,1-2H3,(H,20,21). The van der Waals surface area contributed by atoms with E-state index < -0.39 is 11.9 Å². The Morgan fingerprint density at radius 3 is 2.57 bits per heavy atom. The van der Waals surface area contributed by atoms with Crippen LogP contribution in [-0.2, 0) is 11.2 Å². The van der Waals surface area contributed by atoms with Crippen molar-refractivity contribution in [1.29, 1.82) is 0 Å². The third-order valence-electron chi connectivity index (χ3n) is 3.56. The van der Waals surface area contributed by atoms with Gasteiger partial charge in [-0.05, 0) is 30.2 Å². The van der Waals surface area contributed by atoms with Crippen molar-refractivity contribution in [3.8, 4) is 17.2 Å². The van der Waals surface area contributed by atoms with Gasteiger partial charge in [-0.2, -0.15) is 0 Å². The molecule has 0 aliphatic heterocycles. The minimum atomic E-state index is -1.00. The molecular formula is C17H17ClO5. The maximum Gasteiger partial charge on any atom is 0.311 e. The first-order valence-electron chi connectivity index (χ1n) is 6.88. The van der Waals surface area contributed by atoms with Gasteiger partial charge in [-0.3, -0.25) is 4.79 Å². The largest absolute Gasteiger partial charge is 0.504 e. The van der Waals surface area contributed by atoms with E-state index in [1.165, 1.54) is 26.4 Å². The van der Waals surface area contributed by atoms with Crippen LogP contribution in [0.25, 0.3) is 0 Å². The predicted molar refractivity (Wildman–Crippen MR) is 86.7 cm³/mol. The van der Waals surface area contributed by atoms with Gasteiger partial charge >= 0.3 is 5.97 Å². The second-order valence-corrected chi connectivity index (χ2v) is 5.42. The Hall–Kier alpha value is -2.40. The number of carbonyl (C=O) groups is 1. The quantitative estimate of drug-likeness (QED) is 0.844. The second-order valence-electron chi connectivity index (χ2n) is 4.99. The number of aromatic hydroxyl groups is 1. The SMILES string of the molecule is COc1cccc(C(Cc2cc(Cl)cc(OC)c2O)C(=O)O)c1. The molecule has 0 amide bonds. The van der Waals surface area contributed by atoms with E-state index in [1.54, 1.807) is 24.3 Å². The summed E-state index contributed by atoms with van der Waals surface area (Å²) in [6.07, 6.45) is 0.0747. The lowest BCUT2D eigenvalue weighted by atomic mass is 9.91. The Morgan fingerprint density at radius 2 is 1.96 bits per heavy atom. The Balaban J connectivity index is 2.41. The van der Waals surface area contributed by atoms with E-state index in [1.807, 2.05) is 0 Å². The molecule has 0 aliphatic carbocycles. The van der Waals surface area contributed by atoms with Crippen molar-refractivity contribution in [2.75, 3.05) is 14.2 Å². The highest BCUT2D eigenvalue weighted by atomic mass is 35.5. The van der Waals surface area contributed by atoms with Crippen LogP contribution in [0.2, 0.25) is 5.02 Å². The van der Waals surface area contributed by atoms with Crippen LogP contribution >= 0.6 is 11.6 Å². The molecule has 2 N–H and O–H groups in total. The molecule has 0 saturated heterocycles. The fourth-order valence-electron chi connectivity index (χ4n) is 2.37. The maximum absolute atomic E-state index is 11.7. The van der Waals surface area contributed by atoms with Crippen molar-refractivity contribution in [3.05, 3.63) is 52.5 Å². The van der Waals surface area contributed by atoms with E-state index in [0.29, 0.717) is 21.9 Å². The molecule has 0 saturated carbocycles. The summed E-state index contributed by atoms with van der Waals surface area (Å²) in [6, 6.07) is 9.85. The first-order valence-corrected chi connectivity index (χ1v) is 7.26. The van der Waals surface area contributed by atoms with Gasteiger partial charge in [0, 0.05) is 16.7 Å². The van der Waals surface area contributed by atoms with Crippen molar-refractivity contribution in [2.24, 2.45) is 0 Å². The lowest BCUT2D eigenvalue weighted by Gasteiger charge is -2.16. The summed E-state index contributed by atoms with van der Waals surface area (Å²) in [5, 5.41) is 20.1. The first-order chi connectivity index (χ1) is 11.0. The molecule has 2 aromatic carbocycles.